The fourth-order valence-electron chi connectivity index (χ4n) is 3.52. The highest BCUT2D eigenvalue weighted by atomic mass is 16.5. The van der Waals surface area contributed by atoms with E-state index in [0.29, 0.717) is 22.8 Å². The molecule has 8 nitrogen and oxygen atoms in total. The van der Waals surface area contributed by atoms with Gasteiger partial charge in [0.2, 0.25) is 5.78 Å². The average Bonchev–Trinajstić information content (AvgIpc) is 3.53. The lowest BCUT2D eigenvalue weighted by atomic mass is 10.0. The zero-order valence-corrected chi connectivity index (χ0v) is 18.2. The van der Waals surface area contributed by atoms with E-state index in [2.05, 4.69) is 10.1 Å². The molecule has 0 saturated carbocycles. The topological polar surface area (TPSA) is 88.6 Å². The van der Waals surface area contributed by atoms with Gasteiger partial charge in [-0.2, -0.15) is 5.10 Å². The highest BCUT2D eigenvalue weighted by molar-refractivity contribution is 5.98. The molecule has 8 heteroatoms. The maximum Gasteiger partial charge on any atom is 0.231 e. The zero-order chi connectivity index (χ0) is 22.7. The molecule has 32 heavy (non-hydrogen) atoms. The largest absolute Gasteiger partial charge is 0.496 e. The number of methoxy groups -OCH3 is 3. The molecule has 0 aliphatic heterocycles. The van der Waals surface area contributed by atoms with Crippen LogP contribution in [0.1, 0.15) is 27.8 Å². The van der Waals surface area contributed by atoms with E-state index in [1.165, 1.54) is 13.4 Å². The van der Waals surface area contributed by atoms with Crippen LogP contribution in [0.4, 0.5) is 0 Å². The summed E-state index contributed by atoms with van der Waals surface area (Å²) >= 11 is 0. The lowest BCUT2D eigenvalue weighted by Crippen LogP contribution is -2.14. The Hall–Kier alpha value is -3.91. The molecule has 2 aromatic heterocycles. The summed E-state index contributed by atoms with van der Waals surface area (Å²) in [7, 11) is 4.69. The average molecular weight is 433 g/mol. The van der Waals surface area contributed by atoms with E-state index in [1.807, 2.05) is 43.3 Å². The maximum atomic E-state index is 13.1. The van der Waals surface area contributed by atoms with E-state index in [9.17, 15) is 4.79 Å². The molecule has 4 aromatic rings. The number of carbonyl (C=O) groups is 1. The second-order valence-electron chi connectivity index (χ2n) is 7.08. The van der Waals surface area contributed by atoms with Gasteiger partial charge in [-0.25, -0.2) is 9.67 Å². The van der Waals surface area contributed by atoms with Crippen LogP contribution >= 0.6 is 0 Å². The Morgan fingerprint density at radius 1 is 1.00 bits per heavy atom. The summed E-state index contributed by atoms with van der Waals surface area (Å²) in [5, 5.41) is 4.10. The van der Waals surface area contributed by atoms with Crippen molar-refractivity contribution in [3.05, 3.63) is 78.1 Å². The fraction of sp³-hybridized carbons (Fsp3) is 0.208. The minimum Gasteiger partial charge on any atom is -0.496 e. The van der Waals surface area contributed by atoms with E-state index in [-0.39, 0.29) is 11.5 Å². The van der Waals surface area contributed by atoms with E-state index >= 15 is 0 Å². The number of hydrogen-bond acceptors (Lipinski definition) is 7. The molecule has 0 radical (unpaired) electrons. The second-order valence-corrected chi connectivity index (χ2v) is 7.08. The number of rotatable bonds is 8. The molecular formula is C24H23N3O5. The minimum atomic E-state index is -0.805. The lowest BCUT2D eigenvalue weighted by molar-refractivity contribution is 0.0577. The van der Waals surface area contributed by atoms with Crippen molar-refractivity contribution in [1.29, 1.82) is 0 Å². The van der Waals surface area contributed by atoms with Crippen molar-refractivity contribution in [2.75, 3.05) is 21.3 Å². The van der Waals surface area contributed by atoms with Gasteiger partial charge in [0, 0.05) is 18.2 Å². The van der Waals surface area contributed by atoms with Crippen LogP contribution in [0.25, 0.3) is 17.0 Å². The van der Waals surface area contributed by atoms with Crippen LogP contribution in [0.2, 0.25) is 0 Å². The first-order valence-corrected chi connectivity index (χ1v) is 9.90. The summed E-state index contributed by atoms with van der Waals surface area (Å²) in [6, 6.07) is 14.4. The van der Waals surface area contributed by atoms with E-state index in [1.54, 1.807) is 37.4 Å². The first kappa shape index (κ1) is 21.3. The van der Waals surface area contributed by atoms with E-state index in [0.717, 1.165) is 16.8 Å². The first-order chi connectivity index (χ1) is 15.5. The Kier molecular flexibility index (Phi) is 6.04. The Labute approximate surface area is 185 Å². The van der Waals surface area contributed by atoms with Gasteiger partial charge in [0.25, 0.3) is 0 Å². The van der Waals surface area contributed by atoms with Gasteiger partial charge in [0.1, 0.15) is 36.0 Å². The van der Waals surface area contributed by atoms with Crippen LogP contribution in [0.15, 0.2) is 65.6 Å². The minimum absolute atomic E-state index is 0.200. The number of hydrogen-bond donors (Lipinski definition) is 0. The quantitative estimate of drug-likeness (QED) is 0.380. The monoisotopic (exact) mass is 433 g/mol. The zero-order valence-electron chi connectivity index (χ0n) is 18.2. The molecule has 164 valence electrons. The van der Waals surface area contributed by atoms with Crippen molar-refractivity contribution >= 4 is 5.78 Å². The Balaban J connectivity index is 1.60. The third-order valence-corrected chi connectivity index (χ3v) is 5.24. The predicted molar refractivity (Wildman–Crippen MR) is 117 cm³/mol. The van der Waals surface area contributed by atoms with Gasteiger partial charge < -0.3 is 18.6 Å². The number of ether oxygens (including phenoxy) is 3. The third kappa shape index (κ3) is 4.00. The number of nitrogens with zero attached hydrogens (tertiary/aromatic N) is 3. The summed E-state index contributed by atoms with van der Waals surface area (Å²) in [5.74, 6) is 1.79. The molecule has 0 amide bonds. The van der Waals surface area contributed by atoms with Crippen molar-refractivity contribution in [2.24, 2.45) is 0 Å². The van der Waals surface area contributed by atoms with Crippen LogP contribution in [0, 0.1) is 6.92 Å². The van der Waals surface area contributed by atoms with Crippen molar-refractivity contribution in [3.8, 4) is 28.5 Å². The highest BCUT2D eigenvalue weighted by Crippen LogP contribution is 2.35. The number of furan rings is 1. The van der Waals surface area contributed by atoms with Gasteiger partial charge in [-0.05, 0) is 48.9 Å². The van der Waals surface area contributed by atoms with Gasteiger partial charge in [-0.3, -0.25) is 4.79 Å². The van der Waals surface area contributed by atoms with Crippen LogP contribution in [0.3, 0.4) is 0 Å². The molecule has 2 heterocycles. The molecule has 0 bridgehead atoms. The van der Waals surface area contributed by atoms with Crippen LogP contribution < -0.4 is 9.47 Å². The van der Waals surface area contributed by atoms with Gasteiger partial charge in [0.15, 0.2) is 5.76 Å². The van der Waals surface area contributed by atoms with Gasteiger partial charge in [-0.15, -0.1) is 0 Å². The predicted octanol–water partition coefficient (Wildman–Crippen LogP) is 4.42. The Morgan fingerprint density at radius 3 is 2.25 bits per heavy atom. The standard InChI is InChI=1S/C24H23N3O5/c1-15-21(29-2)11-17(12-22(15)30-3)19-9-10-20(32-19)23(28)24(31-4)16-5-7-18(8-6-16)27-14-25-13-26-27/h5-14,24H,1-4H3. The first-order valence-electron chi connectivity index (χ1n) is 9.90. The molecule has 1 unspecified atom stereocenters. The van der Waals surface area contributed by atoms with Crippen molar-refractivity contribution in [3.63, 3.8) is 0 Å². The van der Waals surface area contributed by atoms with Gasteiger partial charge in [0.05, 0.1) is 19.9 Å². The van der Waals surface area contributed by atoms with Crippen molar-refractivity contribution in [2.45, 2.75) is 13.0 Å². The number of Topliss-reactive ketones (excluding diaryl/α,β-unsaturated/α-hetero) is 1. The summed E-state index contributed by atoms with van der Waals surface area (Å²) in [5.41, 5.74) is 3.17. The number of aromatic nitrogens is 3. The number of benzene rings is 2. The molecule has 2 aromatic carbocycles. The molecule has 0 aliphatic carbocycles. The lowest BCUT2D eigenvalue weighted by Gasteiger charge is -2.14. The van der Waals surface area contributed by atoms with Crippen LogP contribution in [-0.2, 0) is 4.74 Å². The Morgan fingerprint density at radius 2 is 1.69 bits per heavy atom. The molecule has 0 fully saturated rings. The summed E-state index contributed by atoms with van der Waals surface area (Å²) in [4.78, 5) is 17.1. The molecular weight excluding hydrogens is 410 g/mol. The maximum absolute atomic E-state index is 13.1. The van der Waals surface area contributed by atoms with Crippen molar-refractivity contribution < 1.29 is 23.4 Å². The highest BCUT2D eigenvalue weighted by Gasteiger charge is 2.25. The normalized spacial score (nSPS) is 11.9. The van der Waals surface area contributed by atoms with Gasteiger partial charge in [-0.1, -0.05) is 12.1 Å². The summed E-state index contributed by atoms with van der Waals surface area (Å²) < 4.78 is 23.9. The smallest absolute Gasteiger partial charge is 0.231 e. The SMILES string of the molecule is COc1cc(-c2ccc(C(=O)C(OC)c3ccc(-n4cncn4)cc3)o2)cc(OC)c1C. The van der Waals surface area contributed by atoms with Crippen LogP contribution in [0.5, 0.6) is 11.5 Å². The molecule has 4 rings (SSSR count). The number of ketones is 1. The van der Waals surface area contributed by atoms with E-state index in [4.69, 9.17) is 18.6 Å². The summed E-state index contributed by atoms with van der Waals surface area (Å²) in [6.45, 7) is 1.91. The number of carbonyl (C=O) groups excluding carboxylic acids is 1. The molecule has 1 atom stereocenters. The fourth-order valence-corrected chi connectivity index (χ4v) is 3.52. The molecule has 0 spiro atoms. The van der Waals surface area contributed by atoms with E-state index < -0.39 is 6.10 Å². The second kappa shape index (κ2) is 9.07. The molecule has 0 aliphatic rings. The van der Waals surface area contributed by atoms with Crippen LogP contribution in [-0.4, -0.2) is 41.9 Å². The van der Waals surface area contributed by atoms with Crippen molar-refractivity contribution in [1.82, 2.24) is 14.8 Å². The molecule has 0 saturated heterocycles. The third-order valence-electron chi connectivity index (χ3n) is 5.24. The van der Waals surface area contributed by atoms with Gasteiger partial charge >= 0.3 is 0 Å². The Bertz CT molecular complexity index is 1190. The summed E-state index contributed by atoms with van der Waals surface area (Å²) in [6.07, 6.45) is 2.26. The molecule has 0 N–H and O–H groups in total.